The van der Waals surface area contributed by atoms with Crippen molar-refractivity contribution < 1.29 is 9.90 Å². The molecule has 0 aromatic heterocycles. The smallest absolute Gasteiger partial charge is 0.253 e. The molecule has 0 aliphatic carbocycles. The van der Waals surface area contributed by atoms with Crippen molar-refractivity contribution in [1.29, 1.82) is 0 Å². The monoisotopic (exact) mass is 298 g/mol. The molecule has 1 atom stereocenters. The summed E-state index contributed by atoms with van der Waals surface area (Å²) >= 11 is 3.31. The number of aliphatic hydroxyl groups excluding tert-OH is 1. The predicted octanol–water partition coefficient (Wildman–Crippen LogP) is 1.63. The lowest BCUT2D eigenvalue weighted by atomic mass is 10.1. The van der Waals surface area contributed by atoms with Crippen molar-refractivity contribution in [3.63, 3.8) is 0 Å². The lowest BCUT2D eigenvalue weighted by Crippen LogP contribution is -2.42. The van der Waals surface area contributed by atoms with E-state index in [-0.39, 0.29) is 5.91 Å². The second kappa shape index (κ2) is 5.06. The molecule has 92 valence electrons. The summed E-state index contributed by atoms with van der Waals surface area (Å²) in [4.78, 5) is 13.8. The Hall–Kier alpha value is -1.07. The van der Waals surface area contributed by atoms with Crippen LogP contribution in [0.3, 0.4) is 0 Å². The first-order valence-corrected chi connectivity index (χ1v) is 6.39. The highest BCUT2D eigenvalue weighted by molar-refractivity contribution is 9.10. The molecule has 0 saturated carbocycles. The molecule has 4 nitrogen and oxygen atoms in total. The summed E-state index contributed by atoms with van der Waals surface area (Å²) in [5, 5.41) is 9.55. The Morgan fingerprint density at radius 1 is 1.53 bits per heavy atom. The summed E-state index contributed by atoms with van der Waals surface area (Å²) in [6.07, 6.45) is 1.23. The number of nitrogen functional groups attached to an aromatic ring is 1. The van der Waals surface area contributed by atoms with Gasteiger partial charge in [0.25, 0.3) is 5.91 Å². The number of carbonyl (C=O) groups excluding carboxylic acids is 1. The molecule has 1 aromatic carbocycles. The van der Waals surface area contributed by atoms with Gasteiger partial charge in [-0.15, -0.1) is 0 Å². The van der Waals surface area contributed by atoms with E-state index < -0.39 is 6.10 Å². The zero-order valence-electron chi connectivity index (χ0n) is 9.40. The number of nitrogens with zero attached hydrogens (tertiary/aromatic N) is 1. The van der Waals surface area contributed by atoms with Crippen molar-refractivity contribution in [1.82, 2.24) is 4.90 Å². The molecule has 1 fully saturated rings. The fraction of sp³-hybridized carbons (Fsp3) is 0.417. The van der Waals surface area contributed by atoms with Crippen LogP contribution < -0.4 is 5.73 Å². The van der Waals surface area contributed by atoms with Gasteiger partial charge in [0.05, 0.1) is 6.10 Å². The van der Waals surface area contributed by atoms with E-state index >= 15 is 0 Å². The number of amides is 1. The number of hydrogen-bond donors (Lipinski definition) is 2. The molecule has 1 aromatic rings. The van der Waals surface area contributed by atoms with Crippen LogP contribution in [-0.4, -0.2) is 35.1 Å². The fourth-order valence-electron chi connectivity index (χ4n) is 1.98. The maximum absolute atomic E-state index is 12.2. The van der Waals surface area contributed by atoms with Gasteiger partial charge < -0.3 is 15.7 Å². The standard InChI is InChI=1S/C12H15BrN2O2/c13-10-6-8(3-4-11(10)14)12(17)15-5-1-2-9(16)7-15/h3-4,6,9,16H,1-2,5,7,14H2. The summed E-state index contributed by atoms with van der Waals surface area (Å²) in [6, 6.07) is 5.14. The number of halogens is 1. The molecule has 1 aliphatic heterocycles. The number of likely N-dealkylation sites (tertiary alicyclic amines) is 1. The number of rotatable bonds is 1. The molecule has 17 heavy (non-hydrogen) atoms. The average Bonchev–Trinajstić information content (AvgIpc) is 2.32. The van der Waals surface area contributed by atoms with E-state index in [0.717, 1.165) is 17.3 Å². The van der Waals surface area contributed by atoms with Crippen LogP contribution in [-0.2, 0) is 0 Å². The Labute approximate surface area is 109 Å². The molecule has 0 spiro atoms. The van der Waals surface area contributed by atoms with Crippen LogP contribution in [0.5, 0.6) is 0 Å². The minimum absolute atomic E-state index is 0.0514. The first-order valence-electron chi connectivity index (χ1n) is 5.60. The number of anilines is 1. The minimum atomic E-state index is -0.398. The third-order valence-corrected chi connectivity index (χ3v) is 3.62. The number of hydrogen-bond acceptors (Lipinski definition) is 3. The highest BCUT2D eigenvalue weighted by Crippen LogP contribution is 2.22. The fourth-order valence-corrected chi connectivity index (χ4v) is 2.36. The van der Waals surface area contributed by atoms with Crippen LogP contribution in [0.15, 0.2) is 22.7 Å². The third-order valence-electron chi connectivity index (χ3n) is 2.93. The number of carbonyl (C=O) groups is 1. The first kappa shape index (κ1) is 12.4. The summed E-state index contributed by atoms with van der Waals surface area (Å²) < 4.78 is 0.723. The number of nitrogens with two attached hydrogens (primary N) is 1. The molecular formula is C12H15BrN2O2. The van der Waals surface area contributed by atoms with Crippen molar-refractivity contribution in [3.8, 4) is 0 Å². The number of β-amino-alcohol motifs (C(OH)–C–C–N with tert-alkyl or cyclic N) is 1. The van der Waals surface area contributed by atoms with E-state index in [4.69, 9.17) is 5.73 Å². The molecule has 1 amide bonds. The molecule has 0 radical (unpaired) electrons. The molecular weight excluding hydrogens is 284 g/mol. The number of benzene rings is 1. The highest BCUT2D eigenvalue weighted by Gasteiger charge is 2.23. The van der Waals surface area contributed by atoms with Gasteiger partial charge in [-0.05, 0) is 47.0 Å². The van der Waals surface area contributed by atoms with Crippen LogP contribution in [0.25, 0.3) is 0 Å². The van der Waals surface area contributed by atoms with Crippen molar-refractivity contribution in [3.05, 3.63) is 28.2 Å². The quantitative estimate of drug-likeness (QED) is 0.775. The molecule has 0 bridgehead atoms. The van der Waals surface area contributed by atoms with Crippen molar-refractivity contribution in [2.24, 2.45) is 0 Å². The van der Waals surface area contributed by atoms with Crippen LogP contribution in [0.1, 0.15) is 23.2 Å². The van der Waals surface area contributed by atoms with Crippen LogP contribution >= 0.6 is 15.9 Å². The van der Waals surface area contributed by atoms with Gasteiger partial charge >= 0.3 is 0 Å². The summed E-state index contributed by atoms with van der Waals surface area (Å²) in [5.74, 6) is -0.0514. The second-order valence-electron chi connectivity index (χ2n) is 4.28. The average molecular weight is 299 g/mol. The summed E-state index contributed by atoms with van der Waals surface area (Å²) in [7, 11) is 0. The van der Waals surface area contributed by atoms with Gasteiger partial charge in [-0.2, -0.15) is 0 Å². The van der Waals surface area contributed by atoms with E-state index in [1.807, 2.05) is 0 Å². The predicted molar refractivity (Wildman–Crippen MR) is 69.7 cm³/mol. The van der Waals surface area contributed by atoms with Crippen LogP contribution in [0, 0.1) is 0 Å². The molecule has 1 unspecified atom stereocenters. The van der Waals surface area contributed by atoms with Gasteiger partial charge in [-0.25, -0.2) is 0 Å². The molecule has 1 aliphatic rings. The lowest BCUT2D eigenvalue weighted by Gasteiger charge is -2.30. The van der Waals surface area contributed by atoms with Gasteiger partial charge in [0.15, 0.2) is 0 Å². The summed E-state index contributed by atoms with van der Waals surface area (Å²) in [5.41, 5.74) is 6.89. The SMILES string of the molecule is Nc1ccc(C(=O)N2CCCC(O)C2)cc1Br. The van der Waals surface area contributed by atoms with Crippen molar-refractivity contribution in [2.75, 3.05) is 18.8 Å². The van der Waals surface area contributed by atoms with E-state index in [1.165, 1.54) is 0 Å². The van der Waals surface area contributed by atoms with E-state index in [0.29, 0.717) is 24.3 Å². The van der Waals surface area contributed by atoms with E-state index in [9.17, 15) is 9.90 Å². The molecule has 1 saturated heterocycles. The van der Waals surface area contributed by atoms with Gasteiger partial charge in [-0.1, -0.05) is 0 Å². The zero-order chi connectivity index (χ0) is 12.4. The Morgan fingerprint density at radius 2 is 2.29 bits per heavy atom. The second-order valence-corrected chi connectivity index (χ2v) is 5.14. The van der Waals surface area contributed by atoms with Crippen molar-refractivity contribution >= 4 is 27.5 Å². The largest absolute Gasteiger partial charge is 0.398 e. The molecule has 3 N–H and O–H groups in total. The Balaban J connectivity index is 2.15. The third kappa shape index (κ3) is 2.79. The first-order chi connectivity index (χ1) is 8.08. The van der Waals surface area contributed by atoms with Gasteiger partial charge in [0.1, 0.15) is 0 Å². The van der Waals surface area contributed by atoms with Crippen molar-refractivity contribution in [2.45, 2.75) is 18.9 Å². The van der Waals surface area contributed by atoms with Crippen LogP contribution in [0.4, 0.5) is 5.69 Å². The number of piperidine rings is 1. The van der Waals surface area contributed by atoms with E-state index in [1.54, 1.807) is 23.1 Å². The Bertz CT molecular complexity index is 437. The maximum Gasteiger partial charge on any atom is 0.253 e. The van der Waals surface area contributed by atoms with Gasteiger partial charge in [0.2, 0.25) is 0 Å². The number of aliphatic hydroxyl groups is 1. The molecule has 1 heterocycles. The Morgan fingerprint density at radius 3 is 2.94 bits per heavy atom. The topological polar surface area (TPSA) is 66.6 Å². The minimum Gasteiger partial charge on any atom is -0.398 e. The Kier molecular flexibility index (Phi) is 3.69. The zero-order valence-corrected chi connectivity index (χ0v) is 11.0. The highest BCUT2D eigenvalue weighted by atomic mass is 79.9. The molecule has 5 heteroatoms. The normalized spacial score (nSPS) is 20.4. The maximum atomic E-state index is 12.2. The molecule has 2 rings (SSSR count). The van der Waals surface area contributed by atoms with Gasteiger partial charge in [-0.3, -0.25) is 4.79 Å². The van der Waals surface area contributed by atoms with Gasteiger partial charge in [0, 0.05) is 28.8 Å². The lowest BCUT2D eigenvalue weighted by molar-refractivity contribution is 0.0473. The summed E-state index contributed by atoms with van der Waals surface area (Å²) in [6.45, 7) is 1.12. The van der Waals surface area contributed by atoms with Crippen LogP contribution in [0.2, 0.25) is 0 Å². The van der Waals surface area contributed by atoms with E-state index in [2.05, 4.69) is 15.9 Å².